The molecule has 4 saturated carbocycles. The van der Waals surface area contributed by atoms with E-state index in [0.29, 0.717) is 0 Å². The molecule has 0 aliphatic heterocycles. The van der Waals surface area contributed by atoms with Gasteiger partial charge in [0.1, 0.15) is 0 Å². The number of non-ortho nitro benzene ring substituents is 1. The lowest BCUT2D eigenvalue weighted by molar-refractivity contribution is -0.384. The van der Waals surface area contributed by atoms with E-state index in [1.165, 1.54) is 38.5 Å². The lowest BCUT2D eigenvalue weighted by Crippen LogP contribution is -2.51. The van der Waals surface area contributed by atoms with Crippen molar-refractivity contribution in [3.63, 3.8) is 0 Å². The maximum atomic E-state index is 11.0. The van der Waals surface area contributed by atoms with Crippen molar-refractivity contribution < 1.29 is 4.92 Å². The number of hydrogen-bond acceptors (Lipinski definition) is 3. The zero-order valence-corrected chi connectivity index (χ0v) is 13.8. The quantitative estimate of drug-likeness (QED) is 0.491. The van der Waals surface area contributed by atoms with E-state index in [-0.39, 0.29) is 16.1 Å². The molecule has 6 rings (SSSR count). The Labute approximate surface area is 140 Å². The molecular formula is C18H20N2O2S. The van der Waals surface area contributed by atoms with E-state index in [0.717, 1.165) is 33.7 Å². The van der Waals surface area contributed by atoms with Crippen molar-refractivity contribution in [2.45, 2.75) is 49.1 Å². The number of rotatable bonds is 2. The van der Waals surface area contributed by atoms with Gasteiger partial charge in [-0.3, -0.25) is 10.1 Å². The van der Waals surface area contributed by atoms with Gasteiger partial charge in [-0.25, -0.2) is 0 Å². The number of nitrogens with zero attached hydrogens (tertiary/aromatic N) is 2. The zero-order valence-electron chi connectivity index (χ0n) is 12.9. The molecule has 4 aliphatic rings. The Morgan fingerprint density at radius 3 is 2.26 bits per heavy atom. The SMILES string of the molecule is O=[N+]([O-])c1ccc2c(c1)cc(S)n2C12CC3CC(CC(C3)C1)C2. The van der Waals surface area contributed by atoms with Gasteiger partial charge in [-0.2, -0.15) is 0 Å². The molecule has 4 nitrogen and oxygen atoms in total. The summed E-state index contributed by atoms with van der Waals surface area (Å²) in [6.07, 6.45) is 8.00. The summed E-state index contributed by atoms with van der Waals surface area (Å²) < 4.78 is 2.42. The lowest BCUT2D eigenvalue weighted by atomic mass is 9.53. The van der Waals surface area contributed by atoms with Gasteiger partial charge in [0.05, 0.1) is 9.95 Å². The summed E-state index contributed by atoms with van der Waals surface area (Å²) in [5, 5.41) is 12.9. The molecule has 0 N–H and O–H groups in total. The molecule has 1 heterocycles. The van der Waals surface area contributed by atoms with Gasteiger partial charge in [-0.15, -0.1) is 12.6 Å². The van der Waals surface area contributed by atoms with E-state index >= 15 is 0 Å². The van der Waals surface area contributed by atoms with E-state index < -0.39 is 0 Å². The van der Waals surface area contributed by atoms with Crippen LogP contribution in [-0.2, 0) is 5.54 Å². The Hall–Kier alpha value is -1.49. The summed E-state index contributed by atoms with van der Waals surface area (Å²) in [5.41, 5.74) is 1.47. The highest BCUT2D eigenvalue weighted by molar-refractivity contribution is 7.80. The highest BCUT2D eigenvalue weighted by atomic mass is 32.1. The average Bonchev–Trinajstić information content (AvgIpc) is 2.81. The topological polar surface area (TPSA) is 48.1 Å². The Kier molecular flexibility index (Phi) is 2.74. The van der Waals surface area contributed by atoms with Crippen molar-refractivity contribution in [3.05, 3.63) is 34.4 Å². The van der Waals surface area contributed by atoms with Crippen LogP contribution in [0.1, 0.15) is 38.5 Å². The molecular weight excluding hydrogens is 308 g/mol. The van der Waals surface area contributed by atoms with Crippen molar-refractivity contribution in [2.75, 3.05) is 0 Å². The normalized spacial score (nSPS) is 35.1. The molecule has 4 aliphatic carbocycles. The second kappa shape index (κ2) is 4.53. The molecule has 23 heavy (non-hydrogen) atoms. The van der Waals surface area contributed by atoms with Gasteiger partial charge in [-0.05, 0) is 68.4 Å². The van der Waals surface area contributed by atoms with Crippen molar-refractivity contribution in [1.29, 1.82) is 0 Å². The number of fused-ring (bicyclic) bond motifs is 1. The van der Waals surface area contributed by atoms with Gasteiger partial charge in [0.25, 0.3) is 5.69 Å². The first kappa shape index (κ1) is 13.9. The van der Waals surface area contributed by atoms with Crippen LogP contribution in [0.5, 0.6) is 0 Å². The molecule has 120 valence electrons. The smallest absolute Gasteiger partial charge is 0.270 e. The van der Waals surface area contributed by atoms with Gasteiger partial charge >= 0.3 is 0 Å². The molecule has 0 spiro atoms. The van der Waals surface area contributed by atoms with Crippen LogP contribution in [0.25, 0.3) is 10.9 Å². The van der Waals surface area contributed by atoms with Gasteiger partial charge in [0.2, 0.25) is 0 Å². The third-order valence-electron chi connectivity index (χ3n) is 6.46. The number of nitro benzene ring substituents is 1. The van der Waals surface area contributed by atoms with Gasteiger partial charge in [0, 0.05) is 28.6 Å². The van der Waals surface area contributed by atoms with Crippen molar-refractivity contribution >= 4 is 29.2 Å². The molecule has 1 aromatic heterocycles. The van der Waals surface area contributed by atoms with Crippen molar-refractivity contribution in [1.82, 2.24) is 4.57 Å². The van der Waals surface area contributed by atoms with Crippen LogP contribution in [0.15, 0.2) is 29.3 Å². The summed E-state index contributed by atoms with van der Waals surface area (Å²) in [7, 11) is 0. The first-order valence-corrected chi connectivity index (χ1v) is 8.98. The molecule has 1 aromatic carbocycles. The minimum atomic E-state index is -0.320. The average molecular weight is 328 g/mol. The van der Waals surface area contributed by atoms with Crippen molar-refractivity contribution in [2.24, 2.45) is 17.8 Å². The van der Waals surface area contributed by atoms with Gasteiger partial charge in [-0.1, -0.05) is 0 Å². The van der Waals surface area contributed by atoms with Crippen LogP contribution in [-0.4, -0.2) is 9.49 Å². The molecule has 0 amide bonds. The number of aromatic nitrogens is 1. The summed E-state index contributed by atoms with van der Waals surface area (Å²) in [5.74, 6) is 2.60. The molecule has 4 bridgehead atoms. The van der Waals surface area contributed by atoms with Gasteiger partial charge in [0.15, 0.2) is 0 Å². The van der Waals surface area contributed by atoms with Crippen LogP contribution >= 0.6 is 12.6 Å². The summed E-state index contributed by atoms with van der Waals surface area (Å²) in [6, 6.07) is 7.24. The standard InChI is InChI=1S/C18H20N2O2S/c21-20(22)15-1-2-16-14(6-15)7-17(23)19(16)18-8-11-3-12(9-18)5-13(4-11)10-18/h1-2,6-7,11-13,23H,3-5,8-10H2. The first-order valence-electron chi connectivity index (χ1n) is 8.53. The summed E-state index contributed by atoms with van der Waals surface area (Å²) in [6.45, 7) is 0. The van der Waals surface area contributed by atoms with E-state index in [1.807, 2.05) is 12.1 Å². The summed E-state index contributed by atoms with van der Waals surface area (Å²) >= 11 is 4.75. The van der Waals surface area contributed by atoms with E-state index in [1.54, 1.807) is 12.1 Å². The fourth-order valence-corrected chi connectivity index (χ4v) is 6.60. The fraction of sp³-hybridized carbons (Fsp3) is 0.556. The fourth-order valence-electron chi connectivity index (χ4n) is 6.14. The van der Waals surface area contributed by atoms with Crippen LogP contribution in [0.3, 0.4) is 0 Å². The van der Waals surface area contributed by atoms with Crippen LogP contribution in [0.4, 0.5) is 5.69 Å². The third-order valence-corrected chi connectivity index (χ3v) is 6.79. The Morgan fingerprint density at radius 1 is 1.09 bits per heavy atom. The van der Waals surface area contributed by atoms with Crippen molar-refractivity contribution in [3.8, 4) is 0 Å². The first-order chi connectivity index (χ1) is 11.0. The number of hydrogen-bond donors (Lipinski definition) is 1. The number of thiol groups is 1. The van der Waals surface area contributed by atoms with Crippen LogP contribution < -0.4 is 0 Å². The molecule has 4 fully saturated rings. The molecule has 5 heteroatoms. The zero-order chi connectivity index (χ0) is 15.8. The second-order valence-electron chi connectivity index (χ2n) is 7.98. The predicted octanol–water partition coefficient (Wildman–Crippen LogP) is 4.76. The van der Waals surface area contributed by atoms with Gasteiger partial charge < -0.3 is 4.57 Å². The highest BCUT2D eigenvalue weighted by Crippen LogP contribution is 2.60. The number of nitro groups is 1. The van der Waals surface area contributed by atoms with E-state index in [9.17, 15) is 10.1 Å². The maximum Gasteiger partial charge on any atom is 0.270 e. The Morgan fingerprint density at radius 2 is 1.70 bits per heavy atom. The Balaban J connectivity index is 1.68. The highest BCUT2D eigenvalue weighted by Gasteiger charge is 2.52. The lowest BCUT2D eigenvalue weighted by Gasteiger charge is -2.57. The van der Waals surface area contributed by atoms with Crippen LogP contribution in [0.2, 0.25) is 0 Å². The molecule has 0 atom stereocenters. The Bertz CT molecular complexity index is 790. The van der Waals surface area contributed by atoms with E-state index in [2.05, 4.69) is 4.57 Å². The minimum Gasteiger partial charge on any atom is -0.330 e. The number of benzene rings is 1. The minimum absolute atomic E-state index is 0.161. The molecule has 0 radical (unpaired) electrons. The summed E-state index contributed by atoms with van der Waals surface area (Å²) in [4.78, 5) is 10.7. The van der Waals surface area contributed by atoms with Crippen LogP contribution in [0, 0.1) is 27.9 Å². The largest absolute Gasteiger partial charge is 0.330 e. The predicted molar refractivity (Wildman–Crippen MR) is 92.0 cm³/mol. The molecule has 2 aromatic rings. The molecule has 0 saturated heterocycles. The monoisotopic (exact) mass is 328 g/mol. The second-order valence-corrected chi connectivity index (χ2v) is 8.44. The molecule has 0 unspecified atom stereocenters. The third kappa shape index (κ3) is 1.92. The maximum absolute atomic E-state index is 11.0. The van der Waals surface area contributed by atoms with E-state index in [4.69, 9.17) is 12.6 Å².